The summed E-state index contributed by atoms with van der Waals surface area (Å²) in [6.07, 6.45) is 1.40. The van der Waals surface area contributed by atoms with E-state index in [4.69, 9.17) is 5.84 Å². The maximum atomic E-state index is 13.2. The van der Waals surface area contributed by atoms with Gasteiger partial charge in [-0.15, -0.1) is 0 Å². The molecule has 0 radical (unpaired) electrons. The molecule has 11 nitrogen and oxygen atoms in total. The highest BCUT2D eigenvalue weighted by Crippen LogP contribution is 2.18. The monoisotopic (exact) mass is 470 g/mol. The molecule has 0 aromatic carbocycles. The zero-order chi connectivity index (χ0) is 26.0. The first kappa shape index (κ1) is 30.3. The molecule has 0 aromatic rings. The van der Waals surface area contributed by atoms with E-state index in [1.54, 1.807) is 14.0 Å². The van der Waals surface area contributed by atoms with Crippen molar-refractivity contribution in [3.05, 3.63) is 0 Å². The van der Waals surface area contributed by atoms with Gasteiger partial charge in [-0.1, -0.05) is 34.6 Å². The van der Waals surface area contributed by atoms with Crippen LogP contribution in [0.15, 0.2) is 0 Å². The molecule has 0 bridgehead atoms. The second-order valence-electron chi connectivity index (χ2n) is 9.23. The van der Waals surface area contributed by atoms with Crippen LogP contribution < -0.4 is 11.2 Å². The number of rotatable bonds is 13. The Kier molecular flexibility index (Phi) is 12.6. The Morgan fingerprint density at radius 3 is 1.88 bits per heavy atom. The number of amides is 5. The fourth-order valence-electron chi connectivity index (χ4n) is 3.57. The summed E-state index contributed by atoms with van der Waals surface area (Å²) < 4.78 is 0. The van der Waals surface area contributed by atoms with Crippen LogP contribution in [0.2, 0.25) is 0 Å². The van der Waals surface area contributed by atoms with Gasteiger partial charge in [0.2, 0.25) is 24.1 Å². The van der Waals surface area contributed by atoms with Crippen LogP contribution in [-0.2, 0) is 24.0 Å². The first-order valence-corrected chi connectivity index (χ1v) is 11.2. The van der Waals surface area contributed by atoms with Gasteiger partial charge in [0.15, 0.2) is 0 Å². The maximum absolute atomic E-state index is 13.2. The smallest absolute Gasteiger partial charge is 0.258 e. The van der Waals surface area contributed by atoms with Gasteiger partial charge in [0.05, 0.1) is 6.54 Å². The second-order valence-corrected chi connectivity index (χ2v) is 9.23. The minimum absolute atomic E-state index is 0.163. The Morgan fingerprint density at radius 2 is 1.48 bits per heavy atom. The van der Waals surface area contributed by atoms with Crippen LogP contribution >= 0.6 is 0 Å². The highest BCUT2D eigenvalue weighted by molar-refractivity contribution is 5.93. The Bertz CT molecular complexity index is 697. The van der Waals surface area contributed by atoms with Crippen molar-refractivity contribution in [3.8, 4) is 0 Å². The molecular weight excluding hydrogens is 428 g/mol. The number of hydrogen-bond acceptors (Lipinski definition) is 6. The molecule has 0 heterocycles. The lowest BCUT2D eigenvalue weighted by Crippen LogP contribution is -2.57. The average Bonchev–Trinajstić information content (AvgIpc) is 2.73. The topological polar surface area (TPSA) is 136 Å². The van der Waals surface area contributed by atoms with E-state index in [-0.39, 0.29) is 24.3 Å². The van der Waals surface area contributed by atoms with Crippen LogP contribution in [0, 0.1) is 11.8 Å². The zero-order valence-electron chi connectivity index (χ0n) is 21.5. The lowest BCUT2D eigenvalue weighted by molar-refractivity contribution is -0.150. The molecule has 0 fully saturated rings. The number of nitrogens with zero attached hydrogens (tertiary/aromatic N) is 4. The van der Waals surface area contributed by atoms with Crippen molar-refractivity contribution < 1.29 is 24.0 Å². The fourth-order valence-corrected chi connectivity index (χ4v) is 3.57. The highest BCUT2D eigenvalue weighted by atomic mass is 16.2. The second kappa shape index (κ2) is 13.8. The van der Waals surface area contributed by atoms with Crippen LogP contribution in [-0.4, -0.2) is 103 Å². The van der Waals surface area contributed by atoms with Gasteiger partial charge in [0.1, 0.15) is 18.1 Å². The van der Waals surface area contributed by atoms with Gasteiger partial charge in [-0.25, -0.2) is 5.84 Å². The SMILES string of the molecule is CCC(NC(=O)CN(C)C(=O)C(C(C)C)N(C)C(=O)C(CC(C)C)N(C)C=O)C(=O)N(C)N. The predicted octanol–water partition coefficient (Wildman–Crippen LogP) is -0.342. The molecule has 0 saturated carbocycles. The molecule has 33 heavy (non-hydrogen) atoms. The average molecular weight is 471 g/mol. The van der Waals surface area contributed by atoms with Crippen molar-refractivity contribution in [1.82, 2.24) is 25.0 Å². The van der Waals surface area contributed by atoms with Crippen LogP contribution in [0.1, 0.15) is 47.5 Å². The molecule has 0 saturated heterocycles. The van der Waals surface area contributed by atoms with Gasteiger partial charge in [-0.3, -0.25) is 29.0 Å². The van der Waals surface area contributed by atoms with Gasteiger partial charge < -0.3 is 20.0 Å². The molecule has 11 heteroatoms. The number of nitrogens with one attached hydrogen (secondary N) is 1. The molecule has 0 aliphatic heterocycles. The quantitative estimate of drug-likeness (QED) is 0.164. The summed E-state index contributed by atoms with van der Waals surface area (Å²) in [5, 5.41) is 3.49. The summed E-state index contributed by atoms with van der Waals surface area (Å²) in [6, 6.07) is -2.32. The molecule has 0 aliphatic carbocycles. The third kappa shape index (κ3) is 8.99. The third-order valence-electron chi connectivity index (χ3n) is 5.43. The molecule has 3 atom stereocenters. The van der Waals surface area contributed by atoms with Gasteiger partial charge in [0.25, 0.3) is 5.91 Å². The van der Waals surface area contributed by atoms with Crippen molar-refractivity contribution >= 4 is 30.0 Å². The molecule has 0 aromatic heterocycles. The largest absolute Gasteiger partial charge is 0.343 e. The predicted molar refractivity (Wildman–Crippen MR) is 125 cm³/mol. The van der Waals surface area contributed by atoms with E-state index in [0.29, 0.717) is 19.3 Å². The lowest BCUT2D eigenvalue weighted by atomic mass is 9.97. The summed E-state index contributed by atoms with van der Waals surface area (Å²) in [4.78, 5) is 66.2. The van der Waals surface area contributed by atoms with Crippen molar-refractivity contribution in [2.24, 2.45) is 17.7 Å². The van der Waals surface area contributed by atoms with Gasteiger partial charge in [-0.05, 0) is 24.7 Å². The number of hydrazine groups is 1. The van der Waals surface area contributed by atoms with Crippen molar-refractivity contribution in [2.45, 2.75) is 65.6 Å². The summed E-state index contributed by atoms with van der Waals surface area (Å²) in [6.45, 7) is 8.97. The molecule has 0 aliphatic rings. The summed E-state index contributed by atoms with van der Waals surface area (Å²) >= 11 is 0. The minimum atomic E-state index is -0.830. The van der Waals surface area contributed by atoms with Gasteiger partial charge in [0, 0.05) is 28.2 Å². The van der Waals surface area contributed by atoms with Crippen LogP contribution in [0.3, 0.4) is 0 Å². The summed E-state index contributed by atoms with van der Waals surface area (Å²) in [5.74, 6) is 3.67. The van der Waals surface area contributed by atoms with E-state index in [1.165, 1.54) is 35.8 Å². The molecular formula is C22H42N6O5. The fraction of sp³-hybridized carbons (Fsp3) is 0.773. The Hall–Kier alpha value is -2.69. The first-order chi connectivity index (χ1) is 15.2. The van der Waals surface area contributed by atoms with E-state index >= 15 is 0 Å². The van der Waals surface area contributed by atoms with E-state index in [0.717, 1.165) is 5.01 Å². The summed E-state index contributed by atoms with van der Waals surface area (Å²) in [5.41, 5.74) is 0. The lowest BCUT2D eigenvalue weighted by Gasteiger charge is -2.37. The molecule has 3 unspecified atom stereocenters. The Labute approximate surface area is 197 Å². The van der Waals surface area contributed by atoms with E-state index < -0.39 is 35.8 Å². The summed E-state index contributed by atoms with van der Waals surface area (Å²) in [7, 11) is 5.93. The van der Waals surface area contributed by atoms with Crippen LogP contribution in [0.4, 0.5) is 0 Å². The standard InChI is InChI=1S/C22H42N6O5/c1-10-16(20(31)28(9)23)24-18(30)12-25(6)22(33)19(15(4)5)27(8)21(32)17(11-14(2)3)26(7)13-29/h13-17,19H,10-12,23H2,1-9H3,(H,24,30). The van der Waals surface area contributed by atoms with Crippen molar-refractivity contribution in [1.29, 1.82) is 0 Å². The van der Waals surface area contributed by atoms with Crippen LogP contribution in [0.5, 0.6) is 0 Å². The molecule has 3 N–H and O–H groups in total. The van der Waals surface area contributed by atoms with Crippen molar-refractivity contribution in [3.63, 3.8) is 0 Å². The molecule has 190 valence electrons. The number of hydrogen-bond donors (Lipinski definition) is 2. The maximum Gasteiger partial charge on any atom is 0.258 e. The van der Waals surface area contributed by atoms with Crippen LogP contribution in [0.25, 0.3) is 0 Å². The Morgan fingerprint density at radius 1 is 0.939 bits per heavy atom. The van der Waals surface area contributed by atoms with Crippen molar-refractivity contribution in [2.75, 3.05) is 34.7 Å². The van der Waals surface area contributed by atoms with E-state index in [1.807, 2.05) is 27.7 Å². The van der Waals surface area contributed by atoms with E-state index in [2.05, 4.69) is 5.32 Å². The van der Waals surface area contributed by atoms with E-state index in [9.17, 15) is 24.0 Å². The van der Waals surface area contributed by atoms with Gasteiger partial charge in [-0.2, -0.15) is 0 Å². The van der Waals surface area contributed by atoms with Gasteiger partial charge >= 0.3 is 0 Å². The highest BCUT2D eigenvalue weighted by Gasteiger charge is 2.36. The first-order valence-electron chi connectivity index (χ1n) is 11.2. The number of nitrogens with two attached hydrogens (primary N) is 1. The normalized spacial score (nSPS) is 13.7. The Balaban J connectivity index is 5.51. The number of likely N-dealkylation sites (N-methyl/N-ethyl adjacent to an activating group) is 4. The minimum Gasteiger partial charge on any atom is -0.343 e. The molecule has 0 rings (SSSR count). The zero-order valence-corrected chi connectivity index (χ0v) is 21.5. The number of carbonyl (C=O) groups is 5. The third-order valence-corrected chi connectivity index (χ3v) is 5.43. The molecule has 0 spiro atoms. The molecule has 5 amide bonds. The number of carbonyl (C=O) groups excluding carboxylic acids is 5.